The molecule has 1 aromatic rings. The molecule has 0 aliphatic heterocycles. The van der Waals surface area contributed by atoms with E-state index < -0.39 is 64.2 Å². The maximum atomic E-state index is 17.4. The van der Waals surface area contributed by atoms with Gasteiger partial charge in [0.2, 0.25) is 0 Å². The van der Waals surface area contributed by atoms with Crippen molar-refractivity contribution in [2.24, 2.45) is 34.5 Å². The number of nitrogens with zero attached hydrogens (tertiary/aromatic N) is 1. The number of hydrogen-bond acceptors (Lipinski definition) is 7. The second kappa shape index (κ2) is 11.2. The van der Waals surface area contributed by atoms with Crippen molar-refractivity contribution >= 4 is 34.4 Å². The van der Waals surface area contributed by atoms with Crippen LogP contribution in [0.4, 0.5) is 13.2 Å². The fourth-order valence-corrected chi connectivity index (χ4v) is 9.95. The van der Waals surface area contributed by atoms with Crippen molar-refractivity contribution in [3.8, 4) is 0 Å². The van der Waals surface area contributed by atoms with Crippen molar-refractivity contribution in [3.05, 3.63) is 54.1 Å². The van der Waals surface area contributed by atoms with Crippen LogP contribution in [-0.2, 0) is 9.59 Å². The standard InChI is InChI=1S/C30H36F3NO4S2/c1-28-15-25(36)30(33)22(14-24(32)23-13-19(35)8-9-29(23,30)2)21(28)12-18(26(28)27(37)40-17-31)16-34(38)10-11-39-20-6-4-3-5-7-20/h3-9,13,18,21-22,24-26,36,38H,10-12,14-17H2,1-2H3/t18-,21-,22-,24-,25-,26+,28-,29-,30-/m0/s1. The summed E-state index contributed by atoms with van der Waals surface area (Å²) in [5.74, 6) is -2.37. The molecule has 0 bridgehead atoms. The molecule has 0 amide bonds. The molecule has 3 saturated carbocycles. The molecule has 2 N–H and O–H groups in total. The fraction of sp³-hybridized carbons (Fsp3) is 0.600. The van der Waals surface area contributed by atoms with Crippen LogP contribution in [0.5, 0.6) is 0 Å². The van der Waals surface area contributed by atoms with E-state index in [9.17, 15) is 24.3 Å². The first-order valence-electron chi connectivity index (χ1n) is 13.8. The lowest BCUT2D eigenvalue weighted by Crippen LogP contribution is -2.68. The molecular weight excluding hydrogens is 559 g/mol. The number of fused-ring (bicyclic) bond motifs is 5. The highest BCUT2D eigenvalue weighted by Crippen LogP contribution is 2.70. The lowest BCUT2D eigenvalue weighted by atomic mass is 9.45. The number of halogens is 3. The van der Waals surface area contributed by atoms with Crippen LogP contribution in [0.1, 0.15) is 33.1 Å². The Bertz CT molecular complexity index is 1200. The molecule has 218 valence electrons. The van der Waals surface area contributed by atoms with Gasteiger partial charge >= 0.3 is 0 Å². The highest BCUT2D eigenvalue weighted by atomic mass is 32.2. The minimum Gasteiger partial charge on any atom is -0.390 e. The molecular formula is C30H36F3NO4S2. The largest absolute Gasteiger partial charge is 0.390 e. The Labute approximate surface area is 241 Å². The summed E-state index contributed by atoms with van der Waals surface area (Å²) in [6.45, 7) is 3.82. The zero-order chi connectivity index (χ0) is 28.9. The average Bonchev–Trinajstić information content (AvgIpc) is 3.19. The Hall–Kier alpha value is -1.59. The molecule has 40 heavy (non-hydrogen) atoms. The van der Waals surface area contributed by atoms with Crippen LogP contribution >= 0.6 is 23.5 Å². The molecule has 9 atom stereocenters. The van der Waals surface area contributed by atoms with E-state index in [2.05, 4.69) is 0 Å². The van der Waals surface area contributed by atoms with E-state index in [1.807, 2.05) is 37.3 Å². The van der Waals surface area contributed by atoms with Gasteiger partial charge in [-0.3, -0.25) is 9.59 Å². The smallest absolute Gasteiger partial charge is 0.195 e. The van der Waals surface area contributed by atoms with Crippen LogP contribution in [-0.4, -0.2) is 69.1 Å². The molecule has 1 aromatic carbocycles. The number of carbonyl (C=O) groups excluding carboxylic acids is 2. The van der Waals surface area contributed by atoms with Crippen LogP contribution < -0.4 is 0 Å². The number of ketones is 1. The number of thioether (sulfide) groups is 2. The van der Waals surface area contributed by atoms with Crippen molar-refractivity contribution in [1.82, 2.24) is 5.06 Å². The second-order valence-corrected chi connectivity index (χ2v) is 14.1. The van der Waals surface area contributed by atoms with Crippen molar-refractivity contribution < 1.29 is 33.1 Å². The van der Waals surface area contributed by atoms with E-state index in [0.717, 1.165) is 16.0 Å². The van der Waals surface area contributed by atoms with Crippen molar-refractivity contribution in [3.63, 3.8) is 0 Å². The number of carbonyl (C=O) groups is 2. The van der Waals surface area contributed by atoms with Crippen LogP contribution in [0.25, 0.3) is 0 Å². The van der Waals surface area contributed by atoms with E-state index in [1.165, 1.54) is 12.2 Å². The number of benzene rings is 1. The first kappa shape index (κ1) is 29.9. The molecule has 4 aliphatic rings. The monoisotopic (exact) mass is 595 g/mol. The number of aliphatic hydroxyl groups is 1. The number of hydrogen-bond donors (Lipinski definition) is 2. The van der Waals surface area contributed by atoms with Gasteiger partial charge < -0.3 is 10.3 Å². The molecule has 0 saturated heterocycles. The van der Waals surface area contributed by atoms with E-state index in [-0.39, 0.29) is 30.1 Å². The molecule has 5 rings (SSSR count). The summed E-state index contributed by atoms with van der Waals surface area (Å²) in [6.07, 6.45) is 0.771. The van der Waals surface area contributed by atoms with Crippen molar-refractivity contribution in [2.75, 3.05) is 24.8 Å². The van der Waals surface area contributed by atoms with Gasteiger partial charge in [-0.05, 0) is 73.3 Å². The van der Waals surface area contributed by atoms with Gasteiger partial charge in [0.25, 0.3) is 0 Å². The van der Waals surface area contributed by atoms with Gasteiger partial charge in [0.1, 0.15) is 12.2 Å². The number of rotatable bonds is 8. The van der Waals surface area contributed by atoms with Crippen LogP contribution in [0, 0.1) is 34.5 Å². The van der Waals surface area contributed by atoms with Crippen LogP contribution in [0.3, 0.4) is 0 Å². The highest BCUT2D eigenvalue weighted by molar-refractivity contribution is 8.13. The molecule has 3 fully saturated rings. The number of hydroxylamine groups is 2. The lowest BCUT2D eigenvalue weighted by Gasteiger charge is -2.62. The summed E-state index contributed by atoms with van der Waals surface area (Å²) in [7, 11) is 0. The van der Waals surface area contributed by atoms with Gasteiger partial charge in [-0.25, -0.2) is 13.2 Å². The van der Waals surface area contributed by atoms with Gasteiger partial charge in [0.15, 0.2) is 16.6 Å². The third-order valence-corrected chi connectivity index (χ3v) is 11.7. The van der Waals surface area contributed by atoms with E-state index >= 15 is 8.78 Å². The summed E-state index contributed by atoms with van der Waals surface area (Å²) >= 11 is 2.14. The topological polar surface area (TPSA) is 77.8 Å². The zero-order valence-corrected chi connectivity index (χ0v) is 24.3. The zero-order valence-electron chi connectivity index (χ0n) is 22.6. The molecule has 0 radical (unpaired) electrons. The summed E-state index contributed by atoms with van der Waals surface area (Å²) in [6, 6.07) is 8.85. The lowest BCUT2D eigenvalue weighted by molar-refractivity contribution is -0.201. The molecule has 0 unspecified atom stereocenters. The molecule has 10 heteroatoms. The first-order chi connectivity index (χ1) is 19.0. The molecule has 4 aliphatic carbocycles. The molecule has 0 aromatic heterocycles. The van der Waals surface area contributed by atoms with Gasteiger partial charge in [-0.2, -0.15) is 5.06 Å². The Morgan fingerprint density at radius 2 is 1.90 bits per heavy atom. The van der Waals surface area contributed by atoms with Gasteiger partial charge in [0.05, 0.1) is 6.10 Å². The quantitative estimate of drug-likeness (QED) is 0.290. The second-order valence-electron chi connectivity index (χ2n) is 12.1. The Morgan fingerprint density at radius 1 is 1.18 bits per heavy atom. The van der Waals surface area contributed by atoms with E-state index in [4.69, 9.17) is 0 Å². The number of allylic oxidation sites excluding steroid dienone is 4. The third kappa shape index (κ3) is 4.81. The van der Waals surface area contributed by atoms with Gasteiger partial charge in [0, 0.05) is 41.0 Å². The average molecular weight is 596 g/mol. The van der Waals surface area contributed by atoms with Gasteiger partial charge in [-0.15, -0.1) is 11.8 Å². The summed E-state index contributed by atoms with van der Waals surface area (Å²) in [5, 5.41) is 23.1. The summed E-state index contributed by atoms with van der Waals surface area (Å²) in [5.41, 5.74) is -4.61. The Balaban J connectivity index is 1.42. The summed E-state index contributed by atoms with van der Waals surface area (Å²) < 4.78 is 46.4. The Kier molecular flexibility index (Phi) is 8.40. The Morgan fingerprint density at radius 3 is 2.60 bits per heavy atom. The van der Waals surface area contributed by atoms with Crippen LogP contribution in [0.2, 0.25) is 0 Å². The van der Waals surface area contributed by atoms with E-state index in [1.54, 1.807) is 18.7 Å². The highest BCUT2D eigenvalue weighted by Gasteiger charge is 2.73. The third-order valence-electron chi connectivity index (χ3n) is 10.1. The maximum absolute atomic E-state index is 17.4. The fourth-order valence-electron chi connectivity index (χ4n) is 8.32. The SMILES string of the molecule is C[C@]12C[C@H](O)[C@@]3(F)[C@@H](C[C@H](F)C4=CC(=O)C=C[C@@]43C)[C@@H]1C[C@@H](CN(O)CCSc1ccccc1)[C@@H]2C(=O)SCF. The van der Waals surface area contributed by atoms with E-state index in [0.29, 0.717) is 30.5 Å². The van der Waals surface area contributed by atoms with Gasteiger partial charge in [-0.1, -0.05) is 43.0 Å². The normalized spacial score (nSPS) is 40.4. The predicted molar refractivity (Wildman–Crippen MR) is 150 cm³/mol. The van der Waals surface area contributed by atoms with Crippen molar-refractivity contribution in [1.29, 1.82) is 0 Å². The molecule has 0 spiro atoms. The van der Waals surface area contributed by atoms with Crippen LogP contribution in [0.15, 0.2) is 59.0 Å². The van der Waals surface area contributed by atoms with Crippen molar-refractivity contribution in [2.45, 2.75) is 55.9 Å². The minimum absolute atomic E-state index is 0.0500. The minimum atomic E-state index is -2.25. The maximum Gasteiger partial charge on any atom is 0.195 e. The molecule has 0 heterocycles. The number of alkyl halides is 3. The summed E-state index contributed by atoms with van der Waals surface area (Å²) in [4.78, 5) is 26.5. The predicted octanol–water partition coefficient (Wildman–Crippen LogP) is 5.82. The first-order valence-corrected chi connectivity index (χ1v) is 15.7. The molecule has 5 nitrogen and oxygen atoms in total. The number of aliphatic hydroxyl groups excluding tert-OH is 1.